The fourth-order valence-electron chi connectivity index (χ4n) is 2.78. The number of guanidine groups is 1. The molecule has 1 aromatic carbocycles. The van der Waals surface area contributed by atoms with Crippen LogP contribution in [0.5, 0.6) is 5.75 Å². The first-order chi connectivity index (χ1) is 13.5. The highest BCUT2D eigenvalue weighted by Crippen LogP contribution is 2.19. The van der Waals surface area contributed by atoms with E-state index in [2.05, 4.69) is 33.8 Å². The average Bonchev–Trinajstić information content (AvgIpc) is 3.07. The van der Waals surface area contributed by atoms with Gasteiger partial charge in [-0.2, -0.15) is 0 Å². The predicted molar refractivity (Wildman–Crippen MR) is 124 cm³/mol. The molecule has 7 nitrogen and oxygen atoms in total. The minimum absolute atomic E-state index is 0. The first kappa shape index (κ1) is 24.8. The van der Waals surface area contributed by atoms with Crippen molar-refractivity contribution in [2.45, 2.75) is 33.7 Å². The highest BCUT2D eigenvalue weighted by atomic mass is 127. The quantitative estimate of drug-likeness (QED) is 0.242. The molecule has 0 radical (unpaired) electrons. The molecule has 1 heterocycles. The van der Waals surface area contributed by atoms with Gasteiger partial charge in [0.05, 0.1) is 14.2 Å². The fourth-order valence-corrected chi connectivity index (χ4v) is 2.78. The SMILES string of the molecule is CCNC(=NCc1cc(C(=O)OC)c(C)o1)NCCc1ccc(C)c(OC)c1.I. The number of aryl methyl sites for hydroxylation is 2. The van der Waals surface area contributed by atoms with Crippen LogP contribution < -0.4 is 15.4 Å². The smallest absolute Gasteiger partial charge is 0.341 e. The first-order valence-corrected chi connectivity index (χ1v) is 9.31. The van der Waals surface area contributed by atoms with E-state index in [-0.39, 0.29) is 24.0 Å². The lowest BCUT2D eigenvalue weighted by molar-refractivity contribution is 0.0599. The fraction of sp³-hybridized carbons (Fsp3) is 0.429. The Kier molecular flexibility index (Phi) is 10.6. The number of aliphatic imine (C=N–C) groups is 1. The lowest BCUT2D eigenvalue weighted by Crippen LogP contribution is -2.38. The molecule has 2 N–H and O–H groups in total. The van der Waals surface area contributed by atoms with Crippen molar-refractivity contribution in [3.8, 4) is 5.75 Å². The molecule has 0 amide bonds. The Morgan fingerprint density at radius 1 is 1.17 bits per heavy atom. The van der Waals surface area contributed by atoms with Crippen LogP contribution >= 0.6 is 24.0 Å². The van der Waals surface area contributed by atoms with Crippen LogP contribution in [-0.2, 0) is 17.7 Å². The van der Waals surface area contributed by atoms with Crippen LogP contribution in [0.4, 0.5) is 0 Å². The van der Waals surface area contributed by atoms with Crippen LogP contribution in [0.15, 0.2) is 33.7 Å². The molecular weight excluding hydrogens is 485 g/mol. The Labute approximate surface area is 189 Å². The summed E-state index contributed by atoms with van der Waals surface area (Å²) in [5, 5.41) is 6.52. The van der Waals surface area contributed by atoms with Gasteiger partial charge in [-0.15, -0.1) is 24.0 Å². The van der Waals surface area contributed by atoms with E-state index in [1.807, 2.05) is 13.8 Å². The monoisotopic (exact) mass is 515 g/mol. The van der Waals surface area contributed by atoms with Crippen LogP contribution in [0, 0.1) is 13.8 Å². The van der Waals surface area contributed by atoms with E-state index in [1.165, 1.54) is 12.7 Å². The first-order valence-electron chi connectivity index (χ1n) is 9.31. The molecule has 0 aliphatic heterocycles. The van der Waals surface area contributed by atoms with E-state index in [9.17, 15) is 4.79 Å². The highest BCUT2D eigenvalue weighted by Gasteiger charge is 2.15. The summed E-state index contributed by atoms with van der Waals surface area (Å²) < 4.78 is 15.7. The number of methoxy groups -OCH3 is 2. The van der Waals surface area contributed by atoms with Gasteiger partial charge < -0.3 is 24.5 Å². The molecule has 0 aliphatic rings. The summed E-state index contributed by atoms with van der Waals surface area (Å²) in [5.74, 6) is 2.32. The van der Waals surface area contributed by atoms with Crippen molar-refractivity contribution in [1.29, 1.82) is 0 Å². The number of furan rings is 1. The van der Waals surface area contributed by atoms with Gasteiger partial charge in [-0.25, -0.2) is 9.79 Å². The Morgan fingerprint density at radius 2 is 1.93 bits per heavy atom. The van der Waals surface area contributed by atoms with Crippen molar-refractivity contribution in [1.82, 2.24) is 10.6 Å². The van der Waals surface area contributed by atoms with Gasteiger partial charge in [0.15, 0.2) is 5.96 Å². The maximum absolute atomic E-state index is 11.7. The second-order valence-electron chi connectivity index (χ2n) is 6.35. The molecule has 29 heavy (non-hydrogen) atoms. The summed E-state index contributed by atoms with van der Waals surface area (Å²) in [4.78, 5) is 16.2. The van der Waals surface area contributed by atoms with E-state index in [1.54, 1.807) is 20.1 Å². The zero-order valence-corrected chi connectivity index (χ0v) is 20.0. The number of carbonyl (C=O) groups is 1. The normalized spacial score (nSPS) is 10.9. The number of nitrogens with zero attached hydrogens (tertiary/aromatic N) is 1. The van der Waals surface area contributed by atoms with Gasteiger partial charge in [0.1, 0.15) is 29.4 Å². The molecule has 8 heteroatoms. The Balaban J connectivity index is 0.00000420. The van der Waals surface area contributed by atoms with Crippen molar-refractivity contribution >= 4 is 35.9 Å². The zero-order chi connectivity index (χ0) is 20.5. The second kappa shape index (κ2) is 12.4. The number of halogens is 1. The van der Waals surface area contributed by atoms with Gasteiger partial charge in [0, 0.05) is 13.1 Å². The number of ether oxygens (including phenoxy) is 2. The largest absolute Gasteiger partial charge is 0.496 e. The summed E-state index contributed by atoms with van der Waals surface area (Å²) in [6, 6.07) is 7.89. The maximum Gasteiger partial charge on any atom is 0.341 e. The molecule has 2 rings (SSSR count). The number of hydrogen-bond donors (Lipinski definition) is 2. The topological polar surface area (TPSA) is 85.1 Å². The molecular formula is C21H30IN3O4. The molecule has 0 saturated heterocycles. The molecule has 1 aromatic heterocycles. The molecule has 0 saturated carbocycles. The summed E-state index contributed by atoms with van der Waals surface area (Å²) in [7, 11) is 3.03. The van der Waals surface area contributed by atoms with E-state index < -0.39 is 5.97 Å². The summed E-state index contributed by atoms with van der Waals surface area (Å²) in [6.07, 6.45) is 0.841. The summed E-state index contributed by atoms with van der Waals surface area (Å²) in [5.41, 5.74) is 2.74. The molecule has 0 fully saturated rings. The number of hydrogen-bond acceptors (Lipinski definition) is 5. The van der Waals surface area contributed by atoms with Crippen LogP contribution in [-0.4, -0.2) is 39.2 Å². The van der Waals surface area contributed by atoms with Crippen molar-refractivity contribution in [3.63, 3.8) is 0 Å². The molecule has 0 unspecified atom stereocenters. The lowest BCUT2D eigenvalue weighted by atomic mass is 10.1. The standard InChI is InChI=1S/C21H29N3O4.HI/c1-6-22-21(23-10-9-16-8-7-14(2)19(11-16)26-4)24-13-17-12-18(15(3)28-17)20(25)27-5;/h7-8,11-12H,6,9-10,13H2,1-5H3,(H2,22,23,24);1H. The van der Waals surface area contributed by atoms with Crippen LogP contribution in [0.1, 0.15) is 39.9 Å². The van der Waals surface area contributed by atoms with E-state index >= 15 is 0 Å². The van der Waals surface area contributed by atoms with E-state index in [0.29, 0.717) is 29.6 Å². The number of carbonyl (C=O) groups excluding carboxylic acids is 1. The second-order valence-corrected chi connectivity index (χ2v) is 6.35. The van der Waals surface area contributed by atoms with Crippen LogP contribution in [0.2, 0.25) is 0 Å². The average molecular weight is 515 g/mol. The Morgan fingerprint density at radius 3 is 2.59 bits per heavy atom. The number of esters is 1. The molecule has 2 aromatic rings. The summed E-state index contributed by atoms with van der Waals surface area (Å²) >= 11 is 0. The predicted octanol–water partition coefficient (Wildman–Crippen LogP) is 3.61. The van der Waals surface area contributed by atoms with Gasteiger partial charge in [-0.1, -0.05) is 12.1 Å². The van der Waals surface area contributed by atoms with Gasteiger partial charge in [0.2, 0.25) is 0 Å². The Bertz CT molecular complexity index is 833. The van der Waals surface area contributed by atoms with Crippen molar-refractivity contribution in [2.24, 2.45) is 4.99 Å². The van der Waals surface area contributed by atoms with Gasteiger partial charge in [-0.05, 0) is 50.5 Å². The minimum atomic E-state index is -0.407. The zero-order valence-electron chi connectivity index (χ0n) is 17.6. The third-order valence-electron chi connectivity index (χ3n) is 4.29. The third-order valence-corrected chi connectivity index (χ3v) is 4.29. The molecule has 0 spiro atoms. The van der Waals surface area contributed by atoms with Crippen molar-refractivity contribution in [2.75, 3.05) is 27.3 Å². The van der Waals surface area contributed by atoms with Crippen molar-refractivity contribution < 1.29 is 18.7 Å². The maximum atomic E-state index is 11.7. The van der Waals surface area contributed by atoms with E-state index in [0.717, 1.165) is 30.8 Å². The van der Waals surface area contributed by atoms with E-state index in [4.69, 9.17) is 13.9 Å². The van der Waals surface area contributed by atoms with Gasteiger partial charge in [0.25, 0.3) is 0 Å². The molecule has 0 aliphatic carbocycles. The lowest BCUT2D eigenvalue weighted by Gasteiger charge is -2.12. The van der Waals surface area contributed by atoms with Crippen LogP contribution in [0.3, 0.4) is 0 Å². The number of rotatable bonds is 8. The minimum Gasteiger partial charge on any atom is -0.496 e. The van der Waals surface area contributed by atoms with Gasteiger partial charge in [-0.3, -0.25) is 0 Å². The Hall–Kier alpha value is -2.23. The van der Waals surface area contributed by atoms with Crippen molar-refractivity contribution in [3.05, 3.63) is 52.5 Å². The van der Waals surface area contributed by atoms with Crippen LogP contribution in [0.25, 0.3) is 0 Å². The number of benzene rings is 1. The molecule has 0 bridgehead atoms. The third kappa shape index (κ3) is 7.26. The highest BCUT2D eigenvalue weighted by molar-refractivity contribution is 14.0. The number of nitrogens with one attached hydrogen (secondary N) is 2. The molecule has 0 atom stereocenters. The molecule has 160 valence electrons. The summed E-state index contributed by atoms with van der Waals surface area (Å²) in [6.45, 7) is 7.56. The van der Waals surface area contributed by atoms with Gasteiger partial charge >= 0.3 is 5.97 Å².